The third-order valence-electron chi connectivity index (χ3n) is 4.00. The van der Waals surface area contributed by atoms with Crippen LogP contribution in [0, 0.1) is 0 Å². The second kappa shape index (κ2) is 7.64. The summed E-state index contributed by atoms with van der Waals surface area (Å²) in [5.74, 6) is 1.12. The number of ether oxygens (including phenoxy) is 2. The fraction of sp³-hybridized carbons (Fsp3) is 0.222. The number of benzene rings is 2. The number of methoxy groups -OCH3 is 2. The molecule has 0 radical (unpaired) electrons. The SMILES string of the molecule is COc1ccc(OC)c([C@@H](C)NC(=O)c2ccccc2-n2cnnn2)c1. The number of amides is 1. The van der Waals surface area contributed by atoms with Gasteiger partial charge in [-0.1, -0.05) is 12.1 Å². The first-order chi connectivity index (χ1) is 12.6. The zero-order valence-electron chi connectivity index (χ0n) is 14.7. The largest absolute Gasteiger partial charge is 0.497 e. The van der Waals surface area contributed by atoms with Crippen molar-refractivity contribution in [2.75, 3.05) is 14.2 Å². The van der Waals surface area contributed by atoms with Crippen LogP contribution in [0.3, 0.4) is 0 Å². The van der Waals surface area contributed by atoms with Crippen molar-refractivity contribution in [3.63, 3.8) is 0 Å². The van der Waals surface area contributed by atoms with Gasteiger partial charge in [0.1, 0.15) is 17.8 Å². The minimum Gasteiger partial charge on any atom is -0.497 e. The van der Waals surface area contributed by atoms with Crippen molar-refractivity contribution < 1.29 is 14.3 Å². The molecule has 0 aliphatic heterocycles. The summed E-state index contributed by atoms with van der Waals surface area (Å²) in [7, 11) is 3.18. The molecule has 0 bridgehead atoms. The van der Waals surface area contributed by atoms with Crippen LogP contribution in [-0.4, -0.2) is 40.3 Å². The van der Waals surface area contributed by atoms with E-state index >= 15 is 0 Å². The number of tetrazole rings is 1. The van der Waals surface area contributed by atoms with Crippen molar-refractivity contribution in [3.05, 3.63) is 59.9 Å². The van der Waals surface area contributed by atoms with E-state index in [1.165, 1.54) is 11.0 Å². The Hall–Kier alpha value is -3.42. The Balaban J connectivity index is 1.87. The van der Waals surface area contributed by atoms with E-state index < -0.39 is 0 Å². The van der Waals surface area contributed by atoms with Gasteiger partial charge in [0.25, 0.3) is 5.91 Å². The molecule has 1 amide bonds. The van der Waals surface area contributed by atoms with E-state index in [0.717, 1.165) is 5.56 Å². The Morgan fingerprint density at radius 1 is 1.15 bits per heavy atom. The number of hydrogen-bond donors (Lipinski definition) is 1. The van der Waals surface area contributed by atoms with Crippen molar-refractivity contribution >= 4 is 5.91 Å². The summed E-state index contributed by atoms with van der Waals surface area (Å²) in [6.07, 6.45) is 1.45. The fourth-order valence-electron chi connectivity index (χ4n) is 2.67. The van der Waals surface area contributed by atoms with Crippen LogP contribution in [-0.2, 0) is 0 Å². The van der Waals surface area contributed by atoms with Gasteiger partial charge in [-0.15, -0.1) is 5.10 Å². The fourth-order valence-corrected chi connectivity index (χ4v) is 2.67. The van der Waals surface area contributed by atoms with Crippen molar-refractivity contribution in [2.45, 2.75) is 13.0 Å². The minimum absolute atomic E-state index is 0.242. The van der Waals surface area contributed by atoms with Crippen LogP contribution >= 0.6 is 0 Å². The molecule has 8 nitrogen and oxygen atoms in total. The maximum atomic E-state index is 12.8. The molecule has 0 aliphatic carbocycles. The maximum Gasteiger partial charge on any atom is 0.253 e. The summed E-state index contributed by atoms with van der Waals surface area (Å²) in [6, 6.07) is 12.3. The highest BCUT2D eigenvalue weighted by molar-refractivity contribution is 5.98. The van der Waals surface area contributed by atoms with E-state index in [0.29, 0.717) is 22.7 Å². The lowest BCUT2D eigenvalue weighted by Gasteiger charge is -2.19. The van der Waals surface area contributed by atoms with E-state index in [2.05, 4.69) is 20.8 Å². The summed E-state index contributed by atoms with van der Waals surface area (Å²) < 4.78 is 12.1. The number of hydrogen-bond acceptors (Lipinski definition) is 6. The summed E-state index contributed by atoms with van der Waals surface area (Å²) >= 11 is 0. The van der Waals surface area contributed by atoms with E-state index in [9.17, 15) is 4.79 Å². The van der Waals surface area contributed by atoms with Gasteiger partial charge >= 0.3 is 0 Å². The van der Waals surface area contributed by atoms with E-state index in [1.54, 1.807) is 32.4 Å². The average molecular weight is 353 g/mol. The van der Waals surface area contributed by atoms with Gasteiger partial charge in [0.05, 0.1) is 31.5 Å². The molecule has 1 aromatic heterocycles. The number of rotatable bonds is 6. The smallest absolute Gasteiger partial charge is 0.253 e. The molecule has 2 aromatic carbocycles. The van der Waals surface area contributed by atoms with Crippen LogP contribution in [0.1, 0.15) is 28.9 Å². The van der Waals surface area contributed by atoms with Crippen molar-refractivity contribution in [2.24, 2.45) is 0 Å². The molecule has 26 heavy (non-hydrogen) atoms. The average Bonchev–Trinajstić information content (AvgIpc) is 3.22. The Morgan fingerprint density at radius 3 is 2.65 bits per heavy atom. The molecule has 3 aromatic rings. The second-order valence-electron chi connectivity index (χ2n) is 5.57. The monoisotopic (exact) mass is 353 g/mol. The van der Waals surface area contributed by atoms with Gasteiger partial charge < -0.3 is 14.8 Å². The van der Waals surface area contributed by atoms with E-state index in [4.69, 9.17) is 9.47 Å². The molecule has 1 heterocycles. The van der Waals surface area contributed by atoms with Gasteiger partial charge in [-0.2, -0.15) is 4.68 Å². The predicted octanol–water partition coefficient (Wildman–Crippen LogP) is 2.17. The Kier molecular flexibility index (Phi) is 5.12. The highest BCUT2D eigenvalue weighted by atomic mass is 16.5. The van der Waals surface area contributed by atoms with E-state index in [-0.39, 0.29) is 11.9 Å². The quantitative estimate of drug-likeness (QED) is 0.730. The number of carbonyl (C=O) groups excluding carboxylic acids is 1. The molecule has 1 atom stereocenters. The van der Waals surface area contributed by atoms with Crippen LogP contribution in [0.25, 0.3) is 5.69 Å². The lowest BCUT2D eigenvalue weighted by Crippen LogP contribution is -2.28. The molecule has 3 rings (SSSR count). The molecule has 0 saturated heterocycles. The molecule has 0 spiro atoms. The summed E-state index contributed by atoms with van der Waals surface area (Å²) in [5, 5.41) is 14.1. The second-order valence-corrected chi connectivity index (χ2v) is 5.57. The summed E-state index contributed by atoms with van der Waals surface area (Å²) in [4.78, 5) is 12.8. The number of para-hydroxylation sites is 1. The summed E-state index contributed by atoms with van der Waals surface area (Å²) in [6.45, 7) is 1.88. The molecule has 1 N–H and O–H groups in total. The zero-order valence-corrected chi connectivity index (χ0v) is 14.7. The Morgan fingerprint density at radius 2 is 1.96 bits per heavy atom. The minimum atomic E-state index is -0.297. The topological polar surface area (TPSA) is 91.2 Å². The standard InChI is InChI=1S/C18H19N5O3/c1-12(15-10-13(25-2)8-9-17(15)26-3)20-18(24)14-6-4-5-7-16(14)23-11-19-21-22-23/h4-12H,1-3H3,(H,20,24)/t12-/m1/s1. The molecule has 8 heteroatoms. The van der Waals surface area contributed by atoms with Crippen LogP contribution < -0.4 is 14.8 Å². The van der Waals surface area contributed by atoms with Crippen molar-refractivity contribution in [3.8, 4) is 17.2 Å². The van der Waals surface area contributed by atoms with Crippen molar-refractivity contribution in [1.82, 2.24) is 25.5 Å². The van der Waals surface area contributed by atoms with Crippen LogP contribution in [0.5, 0.6) is 11.5 Å². The number of aromatic nitrogens is 4. The molecular weight excluding hydrogens is 334 g/mol. The first-order valence-electron chi connectivity index (χ1n) is 7.99. The lowest BCUT2D eigenvalue weighted by atomic mass is 10.1. The molecule has 134 valence electrons. The van der Waals surface area contributed by atoms with Gasteiger partial charge in [0.15, 0.2) is 0 Å². The zero-order chi connectivity index (χ0) is 18.5. The Bertz CT molecular complexity index is 896. The van der Waals surface area contributed by atoms with Gasteiger partial charge in [0, 0.05) is 5.56 Å². The highest BCUT2D eigenvalue weighted by Gasteiger charge is 2.19. The van der Waals surface area contributed by atoms with Gasteiger partial charge in [-0.3, -0.25) is 4.79 Å². The number of nitrogens with one attached hydrogen (secondary N) is 1. The predicted molar refractivity (Wildman–Crippen MR) is 94.6 cm³/mol. The van der Waals surface area contributed by atoms with Crippen LogP contribution in [0.15, 0.2) is 48.8 Å². The van der Waals surface area contributed by atoms with Crippen LogP contribution in [0.2, 0.25) is 0 Å². The van der Waals surface area contributed by atoms with E-state index in [1.807, 2.05) is 31.2 Å². The third kappa shape index (κ3) is 3.49. The highest BCUT2D eigenvalue weighted by Crippen LogP contribution is 2.29. The maximum absolute atomic E-state index is 12.8. The first-order valence-corrected chi connectivity index (χ1v) is 7.99. The third-order valence-corrected chi connectivity index (χ3v) is 4.00. The Labute approximate surface area is 150 Å². The van der Waals surface area contributed by atoms with Crippen LogP contribution in [0.4, 0.5) is 0 Å². The molecule has 0 aliphatic rings. The molecule has 0 fully saturated rings. The van der Waals surface area contributed by atoms with Gasteiger partial charge in [0.2, 0.25) is 0 Å². The molecular formula is C18H19N5O3. The molecule has 0 saturated carbocycles. The first kappa shape index (κ1) is 17.4. The van der Waals surface area contributed by atoms with Crippen molar-refractivity contribution in [1.29, 1.82) is 0 Å². The van der Waals surface area contributed by atoms with Gasteiger partial charge in [-0.05, 0) is 47.7 Å². The van der Waals surface area contributed by atoms with Gasteiger partial charge in [-0.25, -0.2) is 0 Å². The summed E-state index contributed by atoms with van der Waals surface area (Å²) in [5.41, 5.74) is 1.88. The number of carbonyl (C=O) groups is 1. The number of nitrogens with zero attached hydrogens (tertiary/aromatic N) is 4. The molecule has 0 unspecified atom stereocenters. The lowest BCUT2D eigenvalue weighted by molar-refractivity contribution is 0.0939. The normalized spacial score (nSPS) is 11.7.